The molecule has 4 nitrogen and oxygen atoms in total. The molecule has 0 radical (unpaired) electrons. The van der Waals surface area contributed by atoms with Crippen molar-refractivity contribution >= 4 is 22.7 Å². The van der Waals surface area contributed by atoms with Gasteiger partial charge in [-0.1, -0.05) is 6.92 Å². The van der Waals surface area contributed by atoms with Crippen LogP contribution in [-0.4, -0.2) is 23.1 Å². The molecule has 0 aliphatic rings. The Hall–Kier alpha value is -0.820. The molecule has 0 saturated carbocycles. The zero-order valence-electron chi connectivity index (χ0n) is 11.3. The van der Waals surface area contributed by atoms with Crippen LogP contribution in [0.25, 0.3) is 0 Å². The second kappa shape index (κ2) is 7.69. The van der Waals surface area contributed by atoms with Gasteiger partial charge in [-0.25, -0.2) is 9.97 Å². The molecule has 0 spiro atoms. The number of aromatic nitrogens is 2. The molecule has 0 aliphatic heterocycles. The molecule has 6 heteroatoms. The Bertz CT molecular complexity index is 496. The fourth-order valence-corrected chi connectivity index (χ4v) is 3.15. The van der Waals surface area contributed by atoms with E-state index >= 15 is 0 Å². The van der Waals surface area contributed by atoms with E-state index in [1.807, 2.05) is 12.4 Å². The quantitative estimate of drug-likeness (QED) is 0.761. The molecule has 19 heavy (non-hydrogen) atoms. The van der Waals surface area contributed by atoms with Crippen molar-refractivity contribution in [2.24, 2.45) is 0 Å². The third-order valence-electron chi connectivity index (χ3n) is 2.69. The van der Waals surface area contributed by atoms with Crippen LogP contribution in [0.15, 0.2) is 10.9 Å². The number of hydrogen-bond acceptors (Lipinski definition) is 6. The topological polar surface area (TPSA) is 47.0 Å². The third-order valence-corrected chi connectivity index (χ3v) is 4.59. The molecule has 0 aliphatic carbocycles. The number of nitrogens with zero attached hydrogens (tertiary/aromatic N) is 2. The molecular weight excluding hydrogens is 278 g/mol. The van der Waals surface area contributed by atoms with Crippen molar-refractivity contribution in [3.05, 3.63) is 32.2 Å². The van der Waals surface area contributed by atoms with Gasteiger partial charge in [-0.05, 0) is 13.5 Å². The van der Waals surface area contributed by atoms with Gasteiger partial charge in [0.1, 0.15) is 5.01 Å². The van der Waals surface area contributed by atoms with E-state index in [1.54, 1.807) is 22.7 Å². The smallest absolute Gasteiger partial charge is 0.107 e. The first kappa shape index (κ1) is 14.6. The molecular formula is C13H19N3OS2. The number of thiazole rings is 2. The van der Waals surface area contributed by atoms with Crippen LogP contribution in [0.2, 0.25) is 0 Å². The molecule has 0 bridgehead atoms. The lowest BCUT2D eigenvalue weighted by atomic mass is 10.3. The number of aryl methyl sites for hydroxylation is 1. The third kappa shape index (κ3) is 4.65. The Balaban J connectivity index is 1.68. The molecule has 1 N–H and O–H groups in total. The van der Waals surface area contributed by atoms with Crippen LogP contribution in [0.1, 0.15) is 28.2 Å². The molecule has 0 atom stereocenters. The number of ether oxygens (including phenoxy) is 1. The lowest BCUT2D eigenvalue weighted by molar-refractivity contribution is 0.122. The summed E-state index contributed by atoms with van der Waals surface area (Å²) in [4.78, 5) is 10.1. The lowest BCUT2D eigenvalue weighted by Gasteiger charge is -2.01. The standard InChI is InChI=1S/C13H19N3OS2/c1-3-14-6-13-16-11(8-18-13)7-17-5-4-12-10(2)15-9-19-12/h8-9,14H,3-7H2,1-2H3. The maximum Gasteiger partial charge on any atom is 0.107 e. The van der Waals surface area contributed by atoms with Crippen molar-refractivity contribution in [2.75, 3.05) is 13.2 Å². The van der Waals surface area contributed by atoms with Crippen LogP contribution in [0.4, 0.5) is 0 Å². The van der Waals surface area contributed by atoms with Gasteiger partial charge in [0, 0.05) is 23.2 Å². The second-order valence-corrected chi connectivity index (χ2v) is 6.06. The fourth-order valence-electron chi connectivity index (χ4n) is 1.64. The minimum absolute atomic E-state index is 0.598. The Kier molecular flexibility index (Phi) is 5.91. The maximum atomic E-state index is 5.67. The van der Waals surface area contributed by atoms with Gasteiger partial charge in [0.05, 0.1) is 30.1 Å². The van der Waals surface area contributed by atoms with Crippen LogP contribution in [0.3, 0.4) is 0 Å². The van der Waals surface area contributed by atoms with Crippen molar-refractivity contribution in [1.82, 2.24) is 15.3 Å². The Morgan fingerprint density at radius 3 is 3.00 bits per heavy atom. The number of hydrogen-bond donors (Lipinski definition) is 1. The van der Waals surface area contributed by atoms with Crippen LogP contribution >= 0.6 is 22.7 Å². The minimum atomic E-state index is 0.598. The fraction of sp³-hybridized carbons (Fsp3) is 0.538. The van der Waals surface area contributed by atoms with Gasteiger partial charge in [0.25, 0.3) is 0 Å². The van der Waals surface area contributed by atoms with E-state index in [-0.39, 0.29) is 0 Å². The first-order valence-corrected chi connectivity index (χ1v) is 8.16. The molecule has 2 rings (SSSR count). The van der Waals surface area contributed by atoms with E-state index in [0.29, 0.717) is 6.61 Å². The molecule has 0 fully saturated rings. The van der Waals surface area contributed by atoms with E-state index in [4.69, 9.17) is 4.74 Å². The van der Waals surface area contributed by atoms with Crippen molar-refractivity contribution in [3.8, 4) is 0 Å². The molecule has 104 valence electrons. The highest BCUT2D eigenvalue weighted by atomic mass is 32.1. The van der Waals surface area contributed by atoms with Crippen LogP contribution in [-0.2, 0) is 24.3 Å². The van der Waals surface area contributed by atoms with Crippen molar-refractivity contribution in [3.63, 3.8) is 0 Å². The van der Waals surface area contributed by atoms with Gasteiger partial charge < -0.3 is 10.1 Å². The summed E-state index contributed by atoms with van der Waals surface area (Å²) in [6.07, 6.45) is 0.935. The zero-order chi connectivity index (χ0) is 13.5. The summed E-state index contributed by atoms with van der Waals surface area (Å²) in [6, 6.07) is 0. The average Bonchev–Trinajstić information content (AvgIpc) is 3.02. The number of nitrogens with one attached hydrogen (secondary N) is 1. The highest BCUT2D eigenvalue weighted by molar-refractivity contribution is 7.09. The predicted molar refractivity (Wildman–Crippen MR) is 79.7 cm³/mol. The van der Waals surface area contributed by atoms with Crippen LogP contribution in [0.5, 0.6) is 0 Å². The normalized spacial score (nSPS) is 11.1. The van der Waals surface area contributed by atoms with Crippen LogP contribution in [0, 0.1) is 6.92 Å². The zero-order valence-corrected chi connectivity index (χ0v) is 12.9. The van der Waals surface area contributed by atoms with E-state index in [0.717, 1.165) is 42.5 Å². The summed E-state index contributed by atoms with van der Waals surface area (Å²) in [6.45, 7) is 7.28. The molecule has 2 aromatic heterocycles. The summed E-state index contributed by atoms with van der Waals surface area (Å²) in [5.41, 5.74) is 4.03. The SMILES string of the molecule is CCNCc1nc(COCCc2scnc2C)cs1. The highest BCUT2D eigenvalue weighted by Gasteiger charge is 2.03. The van der Waals surface area contributed by atoms with Crippen molar-refractivity contribution in [1.29, 1.82) is 0 Å². The van der Waals surface area contributed by atoms with Crippen molar-refractivity contribution < 1.29 is 4.74 Å². The molecule has 2 aromatic rings. The summed E-state index contributed by atoms with van der Waals surface area (Å²) >= 11 is 3.38. The average molecular weight is 297 g/mol. The minimum Gasteiger partial charge on any atom is -0.375 e. The Labute approximate surface area is 121 Å². The molecule has 0 amide bonds. The van der Waals surface area contributed by atoms with Gasteiger partial charge in [-0.2, -0.15) is 0 Å². The highest BCUT2D eigenvalue weighted by Crippen LogP contribution is 2.14. The van der Waals surface area contributed by atoms with E-state index < -0.39 is 0 Å². The van der Waals surface area contributed by atoms with Gasteiger partial charge in [0.2, 0.25) is 0 Å². The second-order valence-electron chi connectivity index (χ2n) is 4.18. The first-order valence-electron chi connectivity index (χ1n) is 6.40. The molecule has 0 saturated heterocycles. The van der Waals surface area contributed by atoms with E-state index in [1.165, 1.54) is 4.88 Å². The van der Waals surface area contributed by atoms with Crippen molar-refractivity contribution in [2.45, 2.75) is 33.4 Å². The van der Waals surface area contributed by atoms with Gasteiger partial charge in [-0.15, -0.1) is 22.7 Å². The van der Waals surface area contributed by atoms with Crippen LogP contribution < -0.4 is 5.32 Å². The summed E-state index contributed by atoms with van der Waals surface area (Å²) in [7, 11) is 0. The predicted octanol–water partition coefficient (Wildman–Crippen LogP) is 2.78. The Morgan fingerprint density at radius 1 is 1.37 bits per heavy atom. The maximum absolute atomic E-state index is 5.67. The molecule has 0 unspecified atom stereocenters. The van der Waals surface area contributed by atoms with E-state index in [9.17, 15) is 0 Å². The monoisotopic (exact) mass is 297 g/mol. The summed E-state index contributed by atoms with van der Waals surface area (Å²) in [5, 5.41) is 6.47. The summed E-state index contributed by atoms with van der Waals surface area (Å²) < 4.78 is 5.67. The molecule has 2 heterocycles. The Morgan fingerprint density at radius 2 is 2.26 bits per heavy atom. The van der Waals surface area contributed by atoms with Gasteiger partial charge in [-0.3, -0.25) is 0 Å². The van der Waals surface area contributed by atoms with E-state index in [2.05, 4.69) is 27.6 Å². The largest absolute Gasteiger partial charge is 0.375 e. The lowest BCUT2D eigenvalue weighted by Crippen LogP contribution is -2.11. The first-order chi connectivity index (χ1) is 9.29. The summed E-state index contributed by atoms with van der Waals surface area (Å²) in [5.74, 6) is 0. The number of rotatable bonds is 8. The van der Waals surface area contributed by atoms with Gasteiger partial charge >= 0.3 is 0 Å². The van der Waals surface area contributed by atoms with Gasteiger partial charge in [0.15, 0.2) is 0 Å². The molecule has 0 aromatic carbocycles.